The molecular formula is C5H7O10P. The van der Waals surface area contributed by atoms with E-state index in [9.17, 15) is 19.6 Å². The Labute approximate surface area is 87.2 Å². The molecule has 0 radical (unpaired) electrons. The van der Waals surface area contributed by atoms with E-state index in [0.29, 0.717) is 0 Å². The van der Waals surface area contributed by atoms with E-state index in [2.05, 4.69) is 13.6 Å². The third-order valence-electron chi connectivity index (χ3n) is 2.09. The van der Waals surface area contributed by atoms with Crippen LogP contribution in [0.3, 0.4) is 0 Å². The molecular weight excluding hydrogens is 251 g/mol. The van der Waals surface area contributed by atoms with Gasteiger partial charge in [-0.05, 0) is 0 Å². The third-order valence-corrected chi connectivity index (χ3v) is 3.58. The van der Waals surface area contributed by atoms with Crippen LogP contribution in [0.2, 0.25) is 0 Å². The number of aliphatic hydroxyl groups excluding tert-OH is 1. The van der Waals surface area contributed by atoms with Crippen molar-refractivity contribution < 1.29 is 48.5 Å². The Morgan fingerprint density at radius 1 is 1.12 bits per heavy atom. The summed E-state index contributed by atoms with van der Waals surface area (Å²) in [6.07, 6.45) is 0. The van der Waals surface area contributed by atoms with Gasteiger partial charge >= 0.3 is 19.6 Å². The molecule has 0 aromatic heterocycles. The molecule has 2 heterocycles. The molecule has 10 nitrogen and oxygen atoms in total. The Balaban J connectivity index is 2.58. The van der Waals surface area contributed by atoms with Crippen molar-refractivity contribution in [2.75, 3.05) is 6.61 Å². The van der Waals surface area contributed by atoms with Crippen LogP contribution in [0.15, 0.2) is 0 Å². The van der Waals surface area contributed by atoms with Crippen molar-refractivity contribution in [2.24, 2.45) is 0 Å². The molecule has 3 atom stereocenters. The summed E-state index contributed by atoms with van der Waals surface area (Å²) in [6.45, 7) is -1.39. The standard InChI is InChI=1S/C5H7O10P/c6-1-3(8)4(9)2(7)5(10,11)15-16(12,13-3)14-4/h6,8-11H,1H2. The molecule has 16 heavy (non-hydrogen) atoms. The van der Waals surface area contributed by atoms with Gasteiger partial charge in [-0.1, -0.05) is 0 Å². The minimum absolute atomic E-state index is 1.39. The van der Waals surface area contributed by atoms with Gasteiger partial charge in [-0.15, -0.1) is 0 Å². The Morgan fingerprint density at radius 2 is 1.69 bits per heavy atom. The molecule has 0 spiro atoms. The Kier molecular flexibility index (Phi) is 2.17. The number of phosphoric acid groups is 1. The van der Waals surface area contributed by atoms with Crippen LogP contribution in [-0.2, 0) is 22.9 Å². The monoisotopic (exact) mass is 258 g/mol. The number of carbonyl (C=O) groups is 1. The number of aliphatic hydroxyl groups is 5. The number of phosphoric ester groups is 1. The van der Waals surface area contributed by atoms with Crippen molar-refractivity contribution in [1.82, 2.24) is 0 Å². The Morgan fingerprint density at radius 3 is 2.19 bits per heavy atom. The Hall–Kier alpha value is -0.420. The molecule has 2 bridgehead atoms. The van der Waals surface area contributed by atoms with Crippen molar-refractivity contribution in [3.63, 3.8) is 0 Å². The number of rotatable bonds is 1. The maximum atomic E-state index is 11.4. The van der Waals surface area contributed by atoms with E-state index in [1.807, 2.05) is 0 Å². The summed E-state index contributed by atoms with van der Waals surface area (Å²) < 4.78 is 23.5. The molecule has 0 aromatic carbocycles. The summed E-state index contributed by atoms with van der Waals surface area (Å²) in [5.74, 6) is -12.1. The molecule has 2 aliphatic heterocycles. The molecule has 0 amide bonds. The van der Waals surface area contributed by atoms with Crippen molar-refractivity contribution in [3.8, 4) is 0 Å². The third kappa shape index (κ3) is 1.24. The van der Waals surface area contributed by atoms with Gasteiger partial charge in [-0.2, -0.15) is 0 Å². The van der Waals surface area contributed by atoms with Gasteiger partial charge in [-0.3, -0.25) is 4.79 Å². The molecule has 0 saturated carbocycles. The molecule has 11 heteroatoms. The quantitative estimate of drug-likeness (QED) is 0.238. The zero-order chi connectivity index (χ0) is 12.4. The lowest BCUT2D eigenvalue weighted by Gasteiger charge is -2.34. The molecule has 2 aliphatic rings. The van der Waals surface area contributed by atoms with Gasteiger partial charge in [0.1, 0.15) is 6.61 Å². The van der Waals surface area contributed by atoms with Gasteiger partial charge in [0, 0.05) is 0 Å². The number of Topliss-reactive ketones (excluding diaryl/α,β-unsaturated/α-hetero) is 1. The smallest absolute Gasteiger partial charge is 0.391 e. The fourth-order valence-corrected chi connectivity index (χ4v) is 2.92. The highest BCUT2D eigenvalue weighted by atomic mass is 31.2. The SMILES string of the molecule is O=C1C(O)(O)OP2(=O)OC(O)(CO)C1(O)O2. The van der Waals surface area contributed by atoms with Crippen LogP contribution < -0.4 is 0 Å². The molecule has 2 rings (SSSR count). The average molecular weight is 258 g/mol. The lowest BCUT2D eigenvalue weighted by molar-refractivity contribution is -0.333. The highest BCUT2D eigenvalue weighted by molar-refractivity contribution is 7.49. The molecule has 92 valence electrons. The lowest BCUT2D eigenvalue weighted by atomic mass is 10.0. The second-order valence-electron chi connectivity index (χ2n) is 3.24. The number of fused-ring (bicyclic) bond motifs is 2. The molecule has 2 fully saturated rings. The van der Waals surface area contributed by atoms with Crippen LogP contribution in [0.4, 0.5) is 0 Å². The zero-order valence-electron chi connectivity index (χ0n) is 7.43. The summed E-state index contributed by atoms with van der Waals surface area (Å²) in [4.78, 5) is 11.3. The second kappa shape index (κ2) is 2.88. The van der Waals surface area contributed by atoms with E-state index in [0.717, 1.165) is 0 Å². The van der Waals surface area contributed by atoms with Gasteiger partial charge < -0.3 is 25.5 Å². The van der Waals surface area contributed by atoms with E-state index < -0.39 is 37.8 Å². The van der Waals surface area contributed by atoms with Gasteiger partial charge in [-0.25, -0.2) is 18.1 Å². The van der Waals surface area contributed by atoms with Crippen LogP contribution in [0.5, 0.6) is 0 Å². The van der Waals surface area contributed by atoms with Crippen LogP contribution in [0.1, 0.15) is 0 Å². The highest BCUT2D eigenvalue weighted by Gasteiger charge is 2.79. The maximum absolute atomic E-state index is 11.4. The molecule has 2 saturated heterocycles. The summed E-state index contributed by atoms with van der Waals surface area (Å²) >= 11 is 0. The molecule has 0 aromatic rings. The number of hydrogen-bond donors (Lipinski definition) is 5. The van der Waals surface area contributed by atoms with Crippen molar-refractivity contribution in [2.45, 2.75) is 17.5 Å². The molecule has 3 unspecified atom stereocenters. The van der Waals surface area contributed by atoms with Crippen LogP contribution in [0, 0.1) is 0 Å². The topological polar surface area (TPSA) is 163 Å². The predicted molar refractivity (Wildman–Crippen MR) is 40.0 cm³/mol. The first-order chi connectivity index (χ1) is 7.09. The van der Waals surface area contributed by atoms with E-state index >= 15 is 0 Å². The normalized spacial score (nSPS) is 50.7. The van der Waals surface area contributed by atoms with Gasteiger partial charge in [0.05, 0.1) is 0 Å². The largest absolute Gasteiger partial charge is 0.485 e. The lowest BCUT2D eigenvalue weighted by Crippen LogP contribution is -2.66. The summed E-state index contributed by atoms with van der Waals surface area (Å²) in [7, 11) is -4.76. The number of carbonyl (C=O) groups excluding carboxylic acids is 1. The van der Waals surface area contributed by atoms with Crippen molar-refractivity contribution in [3.05, 3.63) is 0 Å². The second-order valence-corrected chi connectivity index (χ2v) is 4.69. The zero-order valence-corrected chi connectivity index (χ0v) is 8.33. The van der Waals surface area contributed by atoms with E-state index in [1.165, 1.54) is 0 Å². The van der Waals surface area contributed by atoms with E-state index in [1.54, 1.807) is 0 Å². The number of ketones is 1. The van der Waals surface area contributed by atoms with E-state index in [4.69, 9.17) is 15.3 Å². The first-order valence-electron chi connectivity index (χ1n) is 3.86. The van der Waals surface area contributed by atoms with Gasteiger partial charge in [0.2, 0.25) is 0 Å². The van der Waals surface area contributed by atoms with Crippen molar-refractivity contribution >= 4 is 13.6 Å². The average Bonchev–Trinajstić information content (AvgIpc) is 2.30. The fourth-order valence-electron chi connectivity index (χ4n) is 1.31. The predicted octanol–water partition coefficient (Wildman–Crippen LogP) is -3.25. The number of hydrogen-bond acceptors (Lipinski definition) is 10. The van der Waals surface area contributed by atoms with Crippen LogP contribution in [-0.4, -0.2) is 55.5 Å². The van der Waals surface area contributed by atoms with E-state index in [-0.39, 0.29) is 0 Å². The van der Waals surface area contributed by atoms with Gasteiger partial charge in [0.25, 0.3) is 11.6 Å². The first kappa shape index (κ1) is 12.0. The van der Waals surface area contributed by atoms with Crippen LogP contribution in [0.25, 0.3) is 0 Å². The van der Waals surface area contributed by atoms with Crippen molar-refractivity contribution in [1.29, 1.82) is 0 Å². The summed E-state index contributed by atoms with van der Waals surface area (Å²) in [5.41, 5.74) is 0. The molecule has 0 aliphatic carbocycles. The summed E-state index contributed by atoms with van der Waals surface area (Å²) in [6, 6.07) is 0. The highest BCUT2D eigenvalue weighted by Crippen LogP contribution is 2.68. The fraction of sp³-hybridized carbons (Fsp3) is 0.800. The first-order valence-corrected chi connectivity index (χ1v) is 5.32. The maximum Gasteiger partial charge on any atom is 0.485 e. The minimum atomic E-state index is -4.76. The summed E-state index contributed by atoms with van der Waals surface area (Å²) in [5, 5.41) is 45.7. The Bertz CT molecular complexity index is 404. The van der Waals surface area contributed by atoms with Gasteiger partial charge in [0.15, 0.2) is 0 Å². The van der Waals surface area contributed by atoms with Crippen LogP contribution >= 0.6 is 7.82 Å². The minimum Gasteiger partial charge on any atom is -0.391 e. The molecule has 5 N–H and O–H groups in total.